The molecule has 0 saturated carbocycles. The van der Waals surface area contributed by atoms with Crippen LogP contribution in [0.25, 0.3) is 0 Å². The first kappa shape index (κ1) is 166. The van der Waals surface area contributed by atoms with Gasteiger partial charge in [0.25, 0.3) is 0 Å². The number of rotatable bonds is 0. The number of hydrogen-bond acceptors (Lipinski definition) is 4. The Morgan fingerprint density at radius 1 is 0.233 bits per heavy atom. The summed E-state index contributed by atoms with van der Waals surface area (Å²) in [5, 5.41) is 7.37. The van der Waals surface area contributed by atoms with Gasteiger partial charge in [-0.3, -0.25) is 9.97 Å². The molecule has 0 aliphatic carbocycles. The average Bonchev–Trinajstić information content (AvgIpc) is 4.30. The van der Waals surface area contributed by atoms with Crippen molar-refractivity contribution in [2.75, 3.05) is 13.1 Å². The zero-order chi connectivity index (χ0) is 74.5. The lowest BCUT2D eigenvalue weighted by Gasteiger charge is -2.08. The van der Waals surface area contributed by atoms with Crippen molar-refractivity contribution in [3.05, 3.63) is 156 Å². The number of pyridine rings is 2. The van der Waals surface area contributed by atoms with Gasteiger partial charge in [0, 0.05) is 33.2 Å². The SMILES string of the molecule is C1CCNCC1.CC.CC.CC.CC.CC.CC.CC.CC.CC.CC.CC.CC.CC.CC.CC.CC.CC.CC.CC.CC.CC.CC.CC.CC.Cc1ccccc1.Cc1ccccc1.[B].c1ccncc1.c1ccncc1.c1ccsc1. The summed E-state index contributed by atoms with van der Waals surface area (Å²) in [6.07, 6.45) is 11.2. The van der Waals surface area contributed by atoms with E-state index in [1.807, 2.05) is 428 Å². The van der Waals surface area contributed by atoms with Crippen LogP contribution in [0.1, 0.15) is 363 Å². The Morgan fingerprint density at radius 3 is 0.453 bits per heavy atom. The number of aromatic nitrogens is 2. The average molecular weight is 1240 g/mol. The maximum absolute atomic E-state index is 3.78. The molecular formula is C81H185BN3S. The summed E-state index contributed by atoms with van der Waals surface area (Å²) in [5.74, 6) is 0. The molecule has 3 aromatic heterocycles. The van der Waals surface area contributed by atoms with E-state index >= 15 is 0 Å². The van der Waals surface area contributed by atoms with Crippen LogP contribution in [0.15, 0.2) is 145 Å². The highest BCUT2D eigenvalue weighted by Crippen LogP contribution is 1.96. The lowest BCUT2D eigenvalue weighted by Crippen LogP contribution is -2.21. The molecule has 0 spiro atoms. The predicted molar refractivity (Wildman–Crippen MR) is 440 cm³/mol. The zero-order valence-electron chi connectivity index (χ0n) is 70.8. The number of piperidine rings is 1. The topological polar surface area (TPSA) is 37.8 Å². The summed E-state index contributed by atoms with van der Waals surface area (Å²) in [6.45, 7) is 103. The molecule has 1 fully saturated rings. The van der Waals surface area contributed by atoms with Gasteiger partial charge in [0.15, 0.2) is 0 Å². The minimum atomic E-state index is 0. The third-order valence-electron chi connectivity index (χ3n) is 4.65. The quantitative estimate of drug-likeness (QED) is 0.157. The lowest BCUT2D eigenvalue weighted by atomic mass is 10.2. The first-order valence-electron chi connectivity index (χ1n) is 36.7. The van der Waals surface area contributed by atoms with Crippen LogP contribution in [0, 0.1) is 13.8 Å². The lowest BCUT2D eigenvalue weighted by molar-refractivity contribution is 0.520. The number of hydrogen-bond donors (Lipinski definition) is 1. The number of nitrogens with one attached hydrogen (secondary N) is 1. The zero-order valence-corrected chi connectivity index (χ0v) is 71.6. The molecule has 5 heteroatoms. The molecule has 533 valence electrons. The first-order valence-corrected chi connectivity index (χ1v) is 37.6. The van der Waals surface area contributed by atoms with Crippen LogP contribution in [-0.4, -0.2) is 31.5 Å². The summed E-state index contributed by atoms with van der Waals surface area (Å²) in [7, 11) is 0. The van der Waals surface area contributed by atoms with Crippen molar-refractivity contribution in [3.8, 4) is 0 Å². The van der Waals surface area contributed by atoms with Gasteiger partial charge >= 0.3 is 0 Å². The summed E-state index contributed by atoms with van der Waals surface area (Å²) in [5.41, 5.74) is 2.64. The van der Waals surface area contributed by atoms with Crippen molar-refractivity contribution in [2.45, 2.75) is 365 Å². The highest BCUT2D eigenvalue weighted by Gasteiger charge is 1.93. The maximum Gasteiger partial charge on any atom is 0.0267 e. The van der Waals surface area contributed by atoms with E-state index in [1.165, 1.54) is 43.5 Å². The molecule has 2 aromatic carbocycles. The molecule has 86 heavy (non-hydrogen) atoms. The van der Waals surface area contributed by atoms with Crippen molar-refractivity contribution in [2.24, 2.45) is 0 Å². The van der Waals surface area contributed by atoms with Crippen LogP contribution in [0.2, 0.25) is 0 Å². The van der Waals surface area contributed by atoms with Crippen LogP contribution >= 0.6 is 11.3 Å². The Morgan fingerprint density at radius 2 is 0.395 bits per heavy atom. The largest absolute Gasteiger partial charge is 0.317 e. The normalized spacial score (nSPS) is 6.35. The van der Waals surface area contributed by atoms with Crippen LogP contribution in [-0.2, 0) is 0 Å². The van der Waals surface area contributed by atoms with Gasteiger partial charge in [-0.1, -0.05) is 435 Å². The molecule has 0 amide bonds. The minimum Gasteiger partial charge on any atom is -0.317 e. The fourth-order valence-corrected chi connectivity index (χ4v) is 3.18. The van der Waals surface area contributed by atoms with Crippen LogP contribution in [0.5, 0.6) is 0 Å². The Bertz CT molecular complexity index is 884. The van der Waals surface area contributed by atoms with E-state index in [9.17, 15) is 0 Å². The van der Waals surface area contributed by atoms with Crippen molar-refractivity contribution >= 4 is 19.7 Å². The van der Waals surface area contributed by atoms with Gasteiger partial charge in [0.1, 0.15) is 0 Å². The second-order valence-electron chi connectivity index (χ2n) is 7.96. The molecule has 0 atom stereocenters. The number of nitrogens with zero attached hydrogens (tertiary/aromatic N) is 2. The maximum atomic E-state index is 3.78. The minimum absolute atomic E-state index is 0. The monoisotopic (exact) mass is 1240 g/mol. The molecule has 3 nitrogen and oxygen atoms in total. The van der Waals surface area contributed by atoms with Crippen LogP contribution < -0.4 is 5.32 Å². The fourth-order valence-electron chi connectivity index (χ4n) is 2.72. The molecule has 1 saturated heterocycles. The molecule has 6 rings (SSSR count). The van der Waals surface area contributed by atoms with Gasteiger partial charge in [0.2, 0.25) is 0 Å². The molecule has 3 radical (unpaired) electrons. The molecular weight excluding hydrogens is 1060 g/mol. The third-order valence-corrected chi connectivity index (χ3v) is 5.27. The van der Waals surface area contributed by atoms with Crippen LogP contribution in [0.4, 0.5) is 0 Å². The van der Waals surface area contributed by atoms with E-state index in [2.05, 4.69) is 53.4 Å². The third kappa shape index (κ3) is 404. The number of thiophene rings is 1. The molecule has 5 aromatic rings. The molecule has 0 bridgehead atoms. The van der Waals surface area contributed by atoms with E-state index in [1.54, 1.807) is 36.1 Å². The van der Waals surface area contributed by atoms with E-state index in [0.717, 1.165) is 0 Å². The van der Waals surface area contributed by atoms with Gasteiger partial charge in [-0.15, -0.1) is 0 Å². The van der Waals surface area contributed by atoms with Crippen LogP contribution in [0.3, 0.4) is 0 Å². The Hall–Kier alpha value is -3.54. The van der Waals surface area contributed by atoms with Gasteiger partial charge < -0.3 is 5.32 Å². The van der Waals surface area contributed by atoms with E-state index in [4.69, 9.17) is 0 Å². The standard InChI is InChI=1S/2C7H8.C5H11N.2C5H5N.C4H4S.24C2H6.B/c2*1-7-5-3-2-4-6-7;3*1-2-4-6-5-3-1;1-2-4-5-3-1;24*1-2;/h2*2-6H,1H3;6H,1-5H2;2*1-5H;1-4H;24*1-2H3;. The summed E-state index contributed by atoms with van der Waals surface area (Å²) in [4.78, 5) is 7.57. The number of aryl methyl sites for hydroxylation is 2. The predicted octanol–water partition coefficient (Wildman–Crippen LogP) is 32.9. The van der Waals surface area contributed by atoms with Gasteiger partial charge in [-0.2, -0.15) is 11.3 Å². The second kappa shape index (κ2) is 419. The molecule has 1 aliphatic heterocycles. The number of benzene rings is 2. The van der Waals surface area contributed by atoms with Gasteiger partial charge in [0.05, 0.1) is 0 Å². The molecule has 0 unspecified atom stereocenters. The van der Waals surface area contributed by atoms with E-state index in [0.29, 0.717) is 0 Å². The van der Waals surface area contributed by atoms with E-state index < -0.39 is 0 Å². The fraction of sp³-hybridized carbons (Fsp3) is 0.679. The van der Waals surface area contributed by atoms with Gasteiger partial charge in [-0.05, 0) is 74.8 Å². The highest BCUT2D eigenvalue weighted by atomic mass is 32.1. The van der Waals surface area contributed by atoms with Crippen molar-refractivity contribution in [1.29, 1.82) is 0 Å². The Labute approximate surface area is 566 Å². The van der Waals surface area contributed by atoms with Crippen molar-refractivity contribution < 1.29 is 0 Å². The smallest absolute Gasteiger partial charge is 0.0267 e. The summed E-state index contributed by atoms with van der Waals surface area (Å²) >= 11 is 1.71. The Kier molecular flexibility index (Phi) is 808. The van der Waals surface area contributed by atoms with Crippen molar-refractivity contribution in [3.63, 3.8) is 0 Å². The van der Waals surface area contributed by atoms with E-state index in [-0.39, 0.29) is 8.41 Å². The summed E-state index contributed by atoms with van der Waals surface area (Å²) < 4.78 is 0. The highest BCUT2D eigenvalue weighted by molar-refractivity contribution is 7.07. The summed E-state index contributed by atoms with van der Waals surface area (Å²) in [6, 6.07) is 36.0. The molecule has 4 heterocycles. The first-order chi connectivity index (χ1) is 42.3. The second-order valence-corrected chi connectivity index (χ2v) is 8.78. The Balaban J connectivity index is -0.0000000199. The molecule has 1 aliphatic rings. The van der Waals surface area contributed by atoms with Crippen molar-refractivity contribution in [1.82, 2.24) is 15.3 Å². The van der Waals surface area contributed by atoms with Gasteiger partial charge in [-0.25, -0.2) is 0 Å². The molecule has 1 N–H and O–H groups in total.